The normalized spacial score (nSPS) is 15.6. The van der Waals surface area contributed by atoms with E-state index in [2.05, 4.69) is 20.9 Å². The Hall–Kier alpha value is -3.50. The van der Waals surface area contributed by atoms with Crippen molar-refractivity contribution in [1.82, 2.24) is 15.6 Å². The first-order valence-corrected chi connectivity index (χ1v) is 11.9. The topological polar surface area (TPSA) is 144 Å². The Morgan fingerprint density at radius 3 is 2.58 bits per heavy atom. The number of aromatic amines is 1. The predicted octanol–water partition coefficient (Wildman–Crippen LogP) is 2.41. The summed E-state index contributed by atoms with van der Waals surface area (Å²) in [4.78, 5) is 40.1. The fourth-order valence-electron chi connectivity index (χ4n) is 4.26. The number of aliphatic hydroxyl groups excluding tert-OH is 2. The molecule has 1 aromatic heterocycles. The van der Waals surface area contributed by atoms with E-state index in [1.54, 1.807) is 19.9 Å². The molecule has 9 nitrogen and oxygen atoms in total. The molecule has 0 aliphatic carbocycles. The lowest BCUT2D eigenvalue weighted by Crippen LogP contribution is -2.34. The lowest BCUT2D eigenvalue weighted by atomic mass is 10.0. The van der Waals surface area contributed by atoms with Gasteiger partial charge in [-0.1, -0.05) is 0 Å². The molecule has 6 N–H and O–H groups in total. The maximum absolute atomic E-state index is 13.7. The first-order chi connectivity index (χ1) is 17.0. The van der Waals surface area contributed by atoms with E-state index in [-0.39, 0.29) is 49.6 Å². The van der Waals surface area contributed by atoms with Crippen molar-refractivity contribution < 1.29 is 29.0 Å². The van der Waals surface area contributed by atoms with Gasteiger partial charge in [-0.2, -0.15) is 0 Å². The third-order valence-corrected chi connectivity index (χ3v) is 5.93. The van der Waals surface area contributed by atoms with E-state index in [0.29, 0.717) is 39.3 Å². The fraction of sp³-hybridized carbons (Fsp3) is 0.423. The highest BCUT2D eigenvalue weighted by atomic mass is 19.1. The lowest BCUT2D eigenvalue weighted by Gasteiger charge is -2.16. The number of fused-ring (bicyclic) bond motifs is 1. The number of H-pyrrole nitrogens is 1. The van der Waals surface area contributed by atoms with Crippen molar-refractivity contribution in [3.8, 4) is 0 Å². The molecule has 0 saturated carbocycles. The number of anilines is 1. The number of benzene rings is 1. The van der Waals surface area contributed by atoms with Crippen LogP contribution in [0.5, 0.6) is 0 Å². The Morgan fingerprint density at radius 1 is 1.17 bits per heavy atom. The number of carbonyl (C=O) groups is 3. The van der Waals surface area contributed by atoms with Gasteiger partial charge in [-0.15, -0.1) is 0 Å². The number of hydrogen-bond donors (Lipinski definition) is 6. The zero-order valence-corrected chi connectivity index (χ0v) is 20.9. The van der Waals surface area contributed by atoms with Crippen molar-refractivity contribution in [2.45, 2.75) is 65.2 Å². The number of amides is 3. The fourth-order valence-corrected chi connectivity index (χ4v) is 4.26. The first-order valence-electron chi connectivity index (χ1n) is 11.9. The van der Waals surface area contributed by atoms with E-state index in [0.717, 1.165) is 0 Å². The summed E-state index contributed by atoms with van der Waals surface area (Å²) in [7, 11) is 0. The van der Waals surface area contributed by atoms with Gasteiger partial charge in [0, 0.05) is 35.2 Å². The molecule has 0 bridgehead atoms. The average molecular weight is 501 g/mol. The van der Waals surface area contributed by atoms with Crippen LogP contribution < -0.4 is 16.0 Å². The van der Waals surface area contributed by atoms with Gasteiger partial charge >= 0.3 is 0 Å². The number of nitrogens with one attached hydrogen (secondary N) is 4. The Balaban J connectivity index is 1.60. The smallest absolute Gasteiger partial charge is 0.256 e. The van der Waals surface area contributed by atoms with Crippen LogP contribution in [0.4, 0.5) is 10.1 Å². The quantitative estimate of drug-likeness (QED) is 0.278. The zero-order chi connectivity index (χ0) is 26.6. The van der Waals surface area contributed by atoms with Crippen molar-refractivity contribution in [1.29, 1.82) is 0 Å². The number of aliphatic hydroxyl groups is 2. The summed E-state index contributed by atoms with van der Waals surface area (Å²) in [6.45, 7) is 7.29. The second-order valence-electron chi connectivity index (χ2n) is 9.38. The highest BCUT2D eigenvalue weighted by molar-refractivity contribution is 6.34. The van der Waals surface area contributed by atoms with Gasteiger partial charge in [-0.05, 0) is 70.4 Å². The molecule has 2 aromatic rings. The average Bonchev–Trinajstić information content (AvgIpc) is 3.22. The van der Waals surface area contributed by atoms with Gasteiger partial charge in [0.1, 0.15) is 5.82 Å². The Bertz CT molecular complexity index is 1190. The summed E-state index contributed by atoms with van der Waals surface area (Å²) in [5.74, 6) is -1.45. The van der Waals surface area contributed by atoms with E-state index >= 15 is 0 Å². The summed E-state index contributed by atoms with van der Waals surface area (Å²) in [5, 5.41) is 28.3. The molecule has 0 unspecified atom stereocenters. The number of aromatic nitrogens is 1. The first kappa shape index (κ1) is 27.1. The van der Waals surface area contributed by atoms with Crippen LogP contribution in [0, 0.1) is 19.7 Å². The van der Waals surface area contributed by atoms with Gasteiger partial charge in [0.2, 0.25) is 5.91 Å². The molecule has 194 valence electrons. The molecule has 1 aliphatic heterocycles. The second kappa shape index (κ2) is 11.5. The molecule has 2 heterocycles. The third kappa shape index (κ3) is 6.58. The molecule has 1 aromatic carbocycles. The zero-order valence-electron chi connectivity index (χ0n) is 20.9. The van der Waals surface area contributed by atoms with Crippen molar-refractivity contribution in [2.75, 3.05) is 11.9 Å². The molecule has 3 amide bonds. The summed E-state index contributed by atoms with van der Waals surface area (Å²) >= 11 is 0. The maximum atomic E-state index is 13.7. The Morgan fingerprint density at radius 2 is 1.89 bits per heavy atom. The van der Waals surface area contributed by atoms with Crippen molar-refractivity contribution in [3.05, 3.63) is 52.1 Å². The SMILES string of the molecule is Cc1[nH]c(/C=C2\C(=O)Nc3ccc(F)cc32)c(C)c1C(=O)NCC[C@@H](O)C[C@@H](O)CC(=O)NC(C)C. The summed E-state index contributed by atoms with van der Waals surface area (Å²) in [6.07, 6.45) is -0.146. The van der Waals surface area contributed by atoms with E-state index in [9.17, 15) is 29.0 Å². The highest BCUT2D eigenvalue weighted by Crippen LogP contribution is 2.34. The van der Waals surface area contributed by atoms with Gasteiger partial charge in [0.05, 0.1) is 29.8 Å². The molecule has 0 saturated heterocycles. The minimum Gasteiger partial charge on any atom is -0.393 e. The monoisotopic (exact) mass is 500 g/mol. The van der Waals surface area contributed by atoms with Crippen LogP contribution >= 0.6 is 0 Å². The van der Waals surface area contributed by atoms with Crippen molar-refractivity contribution in [3.63, 3.8) is 0 Å². The second-order valence-corrected chi connectivity index (χ2v) is 9.38. The van der Waals surface area contributed by atoms with Crippen LogP contribution in [0.1, 0.15) is 66.0 Å². The van der Waals surface area contributed by atoms with Crippen molar-refractivity contribution in [2.24, 2.45) is 0 Å². The van der Waals surface area contributed by atoms with Crippen LogP contribution in [0.25, 0.3) is 11.6 Å². The molecule has 2 atom stereocenters. The van der Waals surface area contributed by atoms with Gasteiger partial charge in [-0.3, -0.25) is 14.4 Å². The Labute approximate surface area is 209 Å². The van der Waals surface area contributed by atoms with Gasteiger partial charge < -0.3 is 31.1 Å². The number of rotatable bonds is 10. The van der Waals surface area contributed by atoms with Crippen LogP contribution in [0.2, 0.25) is 0 Å². The predicted molar refractivity (Wildman–Crippen MR) is 135 cm³/mol. The van der Waals surface area contributed by atoms with Gasteiger partial charge in [0.15, 0.2) is 0 Å². The molecular weight excluding hydrogens is 467 g/mol. The van der Waals surface area contributed by atoms with Crippen LogP contribution in [-0.2, 0) is 9.59 Å². The molecule has 36 heavy (non-hydrogen) atoms. The van der Waals surface area contributed by atoms with Crippen LogP contribution in [0.15, 0.2) is 18.2 Å². The van der Waals surface area contributed by atoms with E-state index in [1.807, 2.05) is 13.8 Å². The standard InChI is InChI=1S/C26H33FN4O5/c1-13(2)29-23(34)11-18(33)10-17(32)7-8-28-26(36)24-14(3)22(30-15(24)4)12-20-19-9-16(27)5-6-21(19)31-25(20)35/h5-6,9,12-13,17-18,30,32-33H,7-8,10-11H2,1-4H3,(H,28,36)(H,29,34)(H,31,35)/b20-12-/t17-,18-/m1/s1. The summed E-state index contributed by atoms with van der Waals surface area (Å²) < 4.78 is 13.7. The minimum absolute atomic E-state index is 0.0193. The van der Waals surface area contributed by atoms with E-state index < -0.39 is 18.0 Å². The number of carbonyl (C=O) groups excluding carboxylic acids is 3. The van der Waals surface area contributed by atoms with E-state index in [1.165, 1.54) is 18.2 Å². The third-order valence-electron chi connectivity index (χ3n) is 5.93. The number of halogens is 1. The molecule has 3 rings (SSSR count). The number of aryl methyl sites for hydroxylation is 1. The van der Waals surface area contributed by atoms with Crippen LogP contribution in [-0.4, -0.2) is 57.7 Å². The molecule has 0 spiro atoms. The molecular formula is C26H33FN4O5. The summed E-state index contributed by atoms with van der Waals surface area (Å²) in [6, 6.07) is 4.03. The maximum Gasteiger partial charge on any atom is 0.256 e. The number of hydrogen-bond acceptors (Lipinski definition) is 5. The molecule has 0 radical (unpaired) electrons. The van der Waals surface area contributed by atoms with Gasteiger partial charge in [-0.25, -0.2) is 4.39 Å². The largest absolute Gasteiger partial charge is 0.393 e. The molecule has 1 aliphatic rings. The molecule has 0 fully saturated rings. The Kier molecular flexibility index (Phi) is 8.65. The summed E-state index contributed by atoms with van der Waals surface area (Å²) in [5.41, 5.74) is 3.47. The highest BCUT2D eigenvalue weighted by Gasteiger charge is 2.26. The van der Waals surface area contributed by atoms with Crippen molar-refractivity contribution >= 4 is 35.1 Å². The van der Waals surface area contributed by atoms with Gasteiger partial charge in [0.25, 0.3) is 11.8 Å². The lowest BCUT2D eigenvalue weighted by molar-refractivity contribution is -0.123. The molecule has 10 heteroatoms. The van der Waals surface area contributed by atoms with Crippen LogP contribution in [0.3, 0.4) is 0 Å². The van der Waals surface area contributed by atoms with E-state index in [4.69, 9.17) is 0 Å². The minimum atomic E-state index is -0.981.